The number of carbonyl (C=O) groups excluding carboxylic acids is 1. The molecule has 1 atom stereocenters. The smallest absolute Gasteiger partial charge is 0.274 e. The predicted octanol–water partition coefficient (Wildman–Crippen LogP) is 1.70. The number of amides is 1. The average molecular weight is 352 g/mol. The average Bonchev–Trinajstić information content (AvgIpc) is 3.36. The number of H-pyrrole nitrogens is 1. The van der Waals surface area contributed by atoms with E-state index >= 15 is 0 Å². The van der Waals surface area contributed by atoms with Crippen molar-refractivity contribution in [1.29, 1.82) is 0 Å². The molecule has 2 aliphatic heterocycles. The molecule has 0 aromatic carbocycles. The normalized spacial score (nSPS) is 22.2. The highest BCUT2D eigenvalue weighted by molar-refractivity contribution is 5.94. The molecule has 5 rings (SSSR count). The van der Waals surface area contributed by atoms with E-state index in [0.29, 0.717) is 18.8 Å². The number of aromatic nitrogens is 4. The lowest BCUT2D eigenvalue weighted by atomic mass is 9.95. The maximum atomic E-state index is 13.0. The van der Waals surface area contributed by atoms with Crippen LogP contribution in [-0.4, -0.2) is 44.1 Å². The molecular formula is C19H24N6O. The van der Waals surface area contributed by atoms with Gasteiger partial charge in [0, 0.05) is 42.5 Å². The van der Waals surface area contributed by atoms with Gasteiger partial charge in [-0.2, -0.15) is 5.10 Å². The summed E-state index contributed by atoms with van der Waals surface area (Å²) < 4.78 is 0. The summed E-state index contributed by atoms with van der Waals surface area (Å²) in [6.45, 7) is 2.32. The SMILES string of the molecule is O=C(c1n[nH]c2c1CCCC2)N1CCc2nc(C3CCCN3)ncc2C1. The molecule has 0 spiro atoms. The van der Waals surface area contributed by atoms with Gasteiger partial charge in [-0.05, 0) is 45.1 Å². The fourth-order valence-electron chi connectivity index (χ4n) is 4.39. The highest BCUT2D eigenvalue weighted by Crippen LogP contribution is 2.26. The molecule has 1 unspecified atom stereocenters. The minimum atomic E-state index is 0.0385. The second kappa shape index (κ2) is 6.46. The molecule has 0 saturated carbocycles. The molecule has 2 aromatic rings. The molecule has 3 aliphatic rings. The first-order chi connectivity index (χ1) is 12.8. The third-order valence-corrected chi connectivity index (χ3v) is 5.87. The second-order valence-corrected chi connectivity index (χ2v) is 7.56. The highest BCUT2D eigenvalue weighted by atomic mass is 16.2. The maximum absolute atomic E-state index is 13.0. The number of hydrogen-bond acceptors (Lipinski definition) is 5. The molecule has 1 saturated heterocycles. The van der Waals surface area contributed by atoms with Crippen molar-refractivity contribution < 1.29 is 4.79 Å². The predicted molar refractivity (Wildman–Crippen MR) is 95.7 cm³/mol. The zero-order valence-electron chi connectivity index (χ0n) is 14.9. The second-order valence-electron chi connectivity index (χ2n) is 7.56. The van der Waals surface area contributed by atoms with Gasteiger partial charge < -0.3 is 10.2 Å². The molecular weight excluding hydrogens is 328 g/mol. The lowest BCUT2D eigenvalue weighted by Gasteiger charge is -2.28. The van der Waals surface area contributed by atoms with Crippen molar-refractivity contribution in [3.63, 3.8) is 0 Å². The van der Waals surface area contributed by atoms with Crippen molar-refractivity contribution in [2.24, 2.45) is 0 Å². The summed E-state index contributed by atoms with van der Waals surface area (Å²) in [7, 11) is 0. The zero-order valence-corrected chi connectivity index (χ0v) is 14.9. The number of aryl methyl sites for hydroxylation is 1. The Labute approximate surface area is 152 Å². The van der Waals surface area contributed by atoms with Gasteiger partial charge >= 0.3 is 0 Å². The lowest BCUT2D eigenvalue weighted by Crippen LogP contribution is -2.37. The summed E-state index contributed by atoms with van der Waals surface area (Å²) >= 11 is 0. The summed E-state index contributed by atoms with van der Waals surface area (Å²) in [6.07, 6.45) is 9.27. The Kier molecular flexibility index (Phi) is 3.96. The van der Waals surface area contributed by atoms with Crippen LogP contribution < -0.4 is 5.32 Å². The molecule has 2 aromatic heterocycles. The molecule has 1 amide bonds. The maximum Gasteiger partial charge on any atom is 0.274 e. The van der Waals surface area contributed by atoms with E-state index in [9.17, 15) is 4.79 Å². The summed E-state index contributed by atoms with van der Waals surface area (Å²) in [4.78, 5) is 24.3. The third-order valence-electron chi connectivity index (χ3n) is 5.87. The van der Waals surface area contributed by atoms with Gasteiger partial charge in [-0.25, -0.2) is 9.97 Å². The molecule has 7 heteroatoms. The van der Waals surface area contributed by atoms with Gasteiger partial charge in [0.2, 0.25) is 0 Å². The topological polar surface area (TPSA) is 86.8 Å². The van der Waals surface area contributed by atoms with Gasteiger partial charge in [-0.15, -0.1) is 0 Å². The summed E-state index contributed by atoms with van der Waals surface area (Å²) in [6, 6.07) is 0.288. The fraction of sp³-hybridized carbons (Fsp3) is 0.579. The van der Waals surface area contributed by atoms with E-state index in [0.717, 1.165) is 67.0 Å². The molecule has 2 N–H and O–H groups in total. The minimum absolute atomic E-state index is 0.0385. The first kappa shape index (κ1) is 15.9. The first-order valence-electron chi connectivity index (χ1n) is 9.73. The van der Waals surface area contributed by atoms with Crippen LogP contribution in [0, 0.1) is 0 Å². The van der Waals surface area contributed by atoms with Crippen LogP contribution in [-0.2, 0) is 25.8 Å². The van der Waals surface area contributed by atoms with Gasteiger partial charge in [-0.3, -0.25) is 9.89 Å². The van der Waals surface area contributed by atoms with Gasteiger partial charge in [0.1, 0.15) is 5.82 Å². The highest BCUT2D eigenvalue weighted by Gasteiger charge is 2.29. The number of fused-ring (bicyclic) bond motifs is 2. The van der Waals surface area contributed by atoms with Crippen LogP contribution >= 0.6 is 0 Å². The Morgan fingerprint density at radius 2 is 2.12 bits per heavy atom. The molecule has 0 bridgehead atoms. The Bertz CT molecular complexity index is 839. The number of nitrogens with one attached hydrogen (secondary N) is 2. The Hall–Kier alpha value is -2.28. The monoisotopic (exact) mass is 352 g/mol. The molecule has 0 radical (unpaired) electrons. The van der Waals surface area contributed by atoms with E-state index in [4.69, 9.17) is 4.98 Å². The first-order valence-corrected chi connectivity index (χ1v) is 9.73. The summed E-state index contributed by atoms with van der Waals surface area (Å²) in [5.41, 5.74) is 5.06. The quantitative estimate of drug-likeness (QED) is 0.859. The van der Waals surface area contributed by atoms with Gasteiger partial charge in [-0.1, -0.05) is 0 Å². The Morgan fingerprint density at radius 3 is 3.00 bits per heavy atom. The number of rotatable bonds is 2. The van der Waals surface area contributed by atoms with Crippen LogP contribution in [0.3, 0.4) is 0 Å². The summed E-state index contributed by atoms with van der Waals surface area (Å²) in [5.74, 6) is 0.944. The van der Waals surface area contributed by atoms with Crippen LogP contribution in [0.25, 0.3) is 0 Å². The minimum Gasteiger partial charge on any atom is -0.332 e. The van der Waals surface area contributed by atoms with Crippen LogP contribution in [0.2, 0.25) is 0 Å². The van der Waals surface area contributed by atoms with E-state index in [2.05, 4.69) is 20.5 Å². The van der Waals surface area contributed by atoms with Crippen LogP contribution in [0.4, 0.5) is 0 Å². The fourth-order valence-corrected chi connectivity index (χ4v) is 4.39. The van der Waals surface area contributed by atoms with Crippen LogP contribution in [0.15, 0.2) is 6.20 Å². The third kappa shape index (κ3) is 2.70. The molecule has 1 fully saturated rings. The molecule has 7 nitrogen and oxygen atoms in total. The zero-order chi connectivity index (χ0) is 17.5. The molecule has 4 heterocycles. The van der Waals surface area contributed by atoms with Crippen molar-refractivity contribution in [2.45, 2.75) is 57.5 Å². The Morgan fingerprint density at radius 1 is 1.19 bits per heavy atom. The van der Waals surface area contributed by atoms with Crippen molar-refractivity contribution in [1.82, 2.24) is 30.4 Å². The lowest BCUT2D eigenvalue weighted by molar-refractivity contribution is 0.0726. The molecule has 136 valence electrons. The number of aromatic amines is 1. The van der Waals surface area contributed by atoms with Crippen molar-refractivity contribution in [2.75, 3.05) is 13.1 Å². The van der Waals surface area contributed by atoms with Crippen LogP contribution in [0.1, 0.15) is 70.6 Å². The van der Waals surface area contributed by atoms with Gasteiger partial charge in [0.15, 0.2) is 5.69 Å². The van der Waals surface area contributed by atoms with E-state index in [-0.39, 0.29) is 11.9 Å². The number of nitrogens with zero attached hydrogens (tertiary/aromatic N) is 4. The van der Waals surface area contributed by atoms with Crippen LogP contribution in [0.5, 0.6) is 0 Å². The van der Waals surface area contributed by atoms with Crippen molar-refractivity contribution in [3.05, 3.63) is 40.2 Å². The number of hydrogen-bond donors (Lipinski definition) is 2. The van der Waals surface area contributed by atoms with Crippen molar-refractivity contribution >= 4 is 5.91 Å². The molecule has 1 aliphatic carbocycles. The largest absolute Gasteiger partial charge is 0.332 e. The van der Waals surface area contributed by atoms with E-state index in [1.807, 2.05) is 11.1 Å². The van der Waals surface area contributed by atoms with Crippen molar-refractivity contribution in [3.8, 4) is 0 Å². The van der Waals surface area contributed by atoms with Gasteiger partial charge in [0.25, 0.3) is 5.91 Å². The van der Waals surface area contributed by atoms with Gasteiger partial charge in [0.05, 0.1) is 11.7 Å². The molecule has 26 heavy (non-hydrogen) atoms. The number of carbonyl (C=O) groups is 1. The Balaban J connectivity index is 1.35. The standard InChI is InChI=1S/C19H24N6O/c26-19(17-13-4-1-2-5-15(13)23-24-17)25-9-7-14-12(11-25)10-21-18(22-14)16-6-3-8-20-16/h10,16,20H,1-9,11H2,(H,23,24). The van der Waals surface area contributed by atoms with E-state index in [1.54, 1.807) is 0 Å². The van der Waals surface area contributed by atoms with E-state index in [1.165, 1.54) is 12.8 Å². The summed E-state index contributed by atoms with van der Waals surface area (Å²) in [5, 5.41) is 10.9. The van der Waals surface area contributed by atoms with E-state index < -0.39 is 0 Å².